The maximum Gasteiger partial charge on any atom is 0.407 e. The number of nitrogens with one attached hydrogen (secondary N) is 1. The molecule has 1 aromatic heterocycles. The van der Waals surface area contributed by atoms with Gasteiger partial charge in [-0.1, -0.05) is 11.6 Å². The second-order valence-electron chi connectivity index (χ2n) is 6.59. The van der Waals surface area contributed by atoms with Crippen molar-refractivity contribution in [1.29, 1.82) is 0 Å². The quantitative estimate of drug-likeness (QED) is 0.765. The van der Waals surface area contributed by atoms with Gasteiger partial charge >= 0.3 is 6.09 Å². The molecule has 0 radical (unpaired) electrons. The minimum absolute atomic E-state index is 0.0109. The molecule has 2 rings (SSSR count). The van der Waals surface area contributed by atoms with Crippen LogP contribution in [0.4, 0.5) is 4.79 Å². The molecule has 1 N–H and O–H groups in total. The first-order valence-corrected chi connectivity index (χ1v) is 8.27. The predicted octanol–water partition coefficient (Wildman–Crippen LogP) is 4.18. The molecule has 1 heterocycles. The van der Waals surface area contributed by atoms with Crippen molar-refractivity contribution < 1.29 is 14.3 Å². The molecule has 7 heteroatoms. The number of nitrogens with zero attached hydrogens (tertiary/aromatic N) is 1. The molecule has 0 atom stereocenters. The Hall–Kier alpha value is -1.01. The van der Waals surface area contributed by atoms with Crippen LogP contribution in [-0.4, -0.2) is 29.8 Å². The van der Waals surface area contributed by atoms with Crippen LogP contribution in [0.1, 0.15) is 33.6 Å². The molecular formula is C15H20BrClN2O3. The Labute approximate surface area is 143 Å². The van der Waals surface area contributed by atoms with Crippen LogP contribution >= 0.6 is 27.5 Å². The van der Waals surface area contributed by atoms with Gasteiger partial charge in [-0.15, -0.1) is 0 Å². The molecule has 0 aliphatic heterocycles. The monoisotopic (exact) mass is 390 g/mol. The van der Waals surface area contributed by atoms with Crippen molar-refractivity contribution in [3.8, 4) is 5.75 Å². The van der Waals surface area contributed by atoms with Crippen molar-refractivity contribution in [3.63, 3.8) is 0 Å². The fourth-order valence-corrected chi connectivity index (χ4v) is 2.27. The van der Waals surface area contributed by atoms with E-state index in [4.69, 9.17) is 21.1 Å². The summed E-state index contributed by atoms with van der Waals surface area (Å²) >= 11 is 9.16. The summed E-state index contributed by atoms with van der Waals surface area (Å²) < 4.78 is 11.7. The Morgan fingerprint density at radius 3 is 2.73 bits per heavy atom. The Kier molecular flexibility index (Phi) is 5.22. The lowest BCUT2D eigenvalue weighted by molar-refractivity contribution is 0.0509. The number of pyridine rings is 1. The minimum Gasteiger partial charge on any atom is -0.491 e. The van der Waals surface area contributed by atoms with Gasteiger partial charge in [0.1, 0.15) is 16.5 Å². The number of alkyl carbamates (subject to hydrolysis) is 1. The van der Waals surface area contributed by atoms with Crippen LogP contribution < -0.4 is 10.1 Å². The number of halogens is 2. The molecule has 1 aromatic rings. The molecule has 1 amide bonds. The maximum absolute atomic E-state index is 11.7. The highest BCUT2D eigenvalue weighted by molar-refractivity contribution is 9.10. The fourth-order valence-electron chi connectivity index (χ4n) is 1.84. The summed E-state index contributed by atoms with van der Waals surface area (Å²) in [6, 6.07) is 1.78. The van der Waals surface area contributed by atoms with Gasteiger partial charge in [0.05, 0.1) is 17.3 Å². The fraction of sp³-hybridized carbons (Fsp3) is 0.600. The summed E-state index contributed by atoms with van der Waals surface area (Å²) in [5, 5.41) is 3.21. The Morgan fingerprint density at radius 1 is 1.50 bits per heavy atom. The van der Waals surface area contributed by atoms with Gasteiger partial charge in [-0.05, 0) is 55.6 Å². The first kappa shape index (κ1) is 17.3. The van der Waals surface area contributed by atoms with Gasteiger partial charge in [0, 0.05) is 12.0 Å². The highest BCUT2D eigenvalue weighted by Gasteiger charge is 2.44. The first-order chi connectivity index (χ1) is 10.2. The van der Waals surface area contributed by atoms with Crippen molar-refractivity contribution in [2.45, 2.75) is 39.2 Å². The zero-order valence-electron chi connectivity index (χ0n) is 12.9. The largest absolute Gasteiger partial charge is 0.491 e. The number of carbonyl (C=O) groups is 1. The van der Waals surface area contributed by atoms with E-state index < -0.39 is 11.7 Å². The van der Waals surface area contributed by atoms with Crippen LogP contribution in [0.3, 0.4) is 0 Å². The summed E-state index contributed by atoms with van der Waals surface area (Å²) in [6.45, 7) is 6.60. The second-order valence-corrected chi connectivity index (χ2v) is 7.80. The second kappa shape index (κ2) is 6.62. The number of hydrogen-bond donors (Lipinski definition) is 1. The average Bonchev–Trinajstić information content (AvgIpc) is 3.17. The predicted molar refractivity (Wildman–Crippen MR) is 88.3 cm³/mol. The first-order valence-electron chi connectivity index (χ1n) is 7.10. The number of ether oxygens (including phenoxy) is 2. The van der Waals surface area contributed by atoms with Crippen molar-refractivity contribution >= 4 is 33.6 Å². The molecule has 0 aromatic carbocycles. The van der Waals surface area contributed by atoms with Gasteiger partial charge in [-0.25, -0.2) is 9.78 Å². The lowest BCUT2D eigenvalue weighted by Crippen LogP contribution is -2.37. The van der Waals surface area contributed by atoms with E-state index in [1.807, 2.05) is 20.8 Å². The number of aromatic nitrogens is 1. The molecule has 1 aliphatic carbocycles. The van der Waals surface area contributed by atoms with Crippen LogP contribution in [0.2, 0.25) is 5.15 Å². The Bertz CT molecular complexity index is 556. The lowest BCUT2D eigenvalue weighted by atomic mass is 10.1. The Morgan fingerprint density at radius 2 is 2.18 bits per heavy atom. The summed E-state index contributed by atoms with van der Waals surface area (Å²) in [7, 11) is 0. The van der Waals surface area contributed by atoms with E-state index in [0.717, 1.165) is 12.8 Å². The molecule has 0 bridgehead atoms. The summed E-state index contributed by atoms with van der Waals surface area (Å²) in [5.74, 6) is 0.653. The van der Waals surface area contributed by atoms with E-state index in [9.17, 15) is 4.79 Å². The third-order valence-electron chi connectivity index (χ3n) is 3.28. The van der Waals surface area contributed by atoms with Crippen LogP contribution in [0, 0.1) is 5.41 Å². The van der Waals surface area contributed by atoms with Crippen LogP contribution in [0.25, 0.3) is 0 Å². The lowest BCUT2D eigenvalue weighted by Gasteiger charge is -2.22. The van der Waals surface area contributed by atoms with Crippen molar-refractivity contribution in [1.82, 2.24) is 10.3 Å². The molecule has 5 nitrogen and oxygen atoms in total. The zero-order valence-corrected chi connectivity index (χ0v) is 15.3. The van der Waals surface area contributed by atoms with Crippen molar-refractivity contribution in [3.05, 3.63) is 21.9 Å². The standard InChI is InChI=1S/C15H20BrClN2O3/c1-14(2,3)22-13(20)19-8-15(4-5-15)9-21-10-6-11(16)12(17)18-7-10/h6-7H,4-5,8-9H2,1-3H3,(H,19,20). The minimum atomic E-state index is -0.488. The van der Waals surface area contributed by atoms with Gasteiger partial charge < -0.3 is 14.8 Å². The van der Waals surface area contributed by atoms with E-state index in [1.54, 1.807) is 12.3 Å². The molecule has 0 spiro atoms. The number of amides is 1. The van der Waals surface area contributed by atoms with E-state index in [2.05, 4.69) is 26.2 Å². The number of carbonyl (C=O) groups excluding carboxylic acids is 1. The number of hydrogen-bond acceptors (Lipinski definition) is 4. The van der Waals surface area contributed by atoms with E-state index in [1.165, 1.54) is 0 Å². The molecule has 1 fully saturated rings. The number of rotatable bonds is 5. The normalized spacial score (nSPS) is 16.0. The van der Waals surface area contributed by atoms with Crippen LogP contribution in [-0.2, 0) is 4.74 Å². The van der Waals surface area contributed by atoms with Gasteiger partial charge in [-0.2, -0.15) is 0 Å². The highest BCUT2D eigenvalue weighted by Crippen LogP contribution is 2.45. The third kappa shape index (κ3) is 5.32. The molecular weight excluding hydrogens is 372 g/mol. The summed E-state index contributed by atoms with van der Waals surface area (Å²) in [4.78, 5) is 15.7. The van der Waals surface area contributed by atoms with E-state index in [-0.39, 0.29) is 5.41 Å². The molecule has 0 saturated heterocycles. The average molecular weight is 392 g/mol. The van der Waals surface area contributed by atoms with Gasteiger partial charge in [0.25, 0.3) is 0 Å². The SMILES string of the molecule is CC(C)(C)OC(=O)NCC1(COc2cnc(Cl)c(Br)c2)CC1. The highest BCUT2D eigenvalue weighted by atomic mass is 79.9. The van der Waals surface area contributed by atoms with E-state index >= 15 is 0 Å². The van der Waals surface area contributed by atoms with Gasteiger partial charge in [0.15, 0.2) is 0 Å². The Balaban J connectivity index is 1.80. The molecule has 1 aliphatic rings. The molecule has 22 heavy (non-hydrogen) atoms. The van der Waals surface area contributed by atoms with Crippen molar-refractivity contribution in [2.24, 2.45) is 5.41 Å². The molecule has 1 saturated carbocycles. The zero-order chi connectivity index (χ0) is 16.4. The summed E-state index contributed by atoms with van der Waals surface area (Å²) in [6.07, 6.45) is 3.23. The van der Waals surface area contributed by atoms with Crippen molar-refractivity contribution in [2.75, 3.05) is 13.2 Å². The summed E-state index contributed by atoms with van der Waals surface area (Å²) in [5.41, 5.74) is -0.498. The third-order valence-corrected chi connectivity index (χ3v) is 4.41. The smallest absolute Gasteiger partial charge is 0.407 e. The molecule has 122 valence electrons. The van der Waals surface area contributed by atoms with Crippen LogP contribution in [0.15, 0.2) is 16.7 Å². The van der Waals surface area contributed by atoms with E-state index in [0.29, 0.717) is 28.5 Å². The van der Waals surface area contributed by atoms with Gasteiger partial charge in [0.2, 0.25) is 0 Å². The van der Waals surface area contributed by atoms with Crippen LogP contribution in [0.5, 0.6) is 5.75 Å². The molecule has 0 unspecified atom stereocenters. The maximum atomic E-state index is 11.7. The topological polar surface area (TPSA) is 60.5 Å². The van der Waals surface area contributed by atoms with Gasteiger partial charge in [-0.3, -0.25) is 0 Å².